The number of pyridine rings is 1. The molecule has 8 nitrogen and oxygen atoms in total. The number of hydrogen-bond donors (Lipinski definition) is 1. The minimum atomic E-state index is -0.418. The monoisotopic (exact) mass is 409 g/mol. The van der Waals surface area contributed by atoms with Crippen LogP contribution in [0, 0.1) is 5.82 Å². The summed E-state index contributed by atoms with van der Waals surface area (Å²) in [7, 11) is 0. The van der Waals surface area contributed by atoms with Gasteiger partial charge in [-0.25, -0.2) is 9.37 Å². The van der Waals surface area contributed by atoms with Gasteiger partial charge in [-0.05, 0) is 30.3 Å². The van der Waals surface area contributed by atoms with E-state index in [4.69, 9.17) is 0 Å². The fraction of sp³-hybridized carbons (Fsp3) is 0.238. The number of anilines is 1. The lowest BCUT2D eigenvalue weighted by Crippen LogP contribution is -2.51. The summed E-state index contributed by atoms with van der Waals surface area (Å²) in [5.74, 6) is -1.04. The quantitative estimate of drug-likeness (QED) is 0.701. The van der Waals surface area contributed by atoms with E-state index in [9.17, 15) is 18.8 Å². The maximum Gasteiger partial charge on any atom is 0.270 e. The van der Waals surface area contributed by atoms with E-state index in [1.165, 1.54) is 28.8 Å². The summed E-state index contributed by atoms with van der Waals surface area (Å²) in [6.07, 6.45) is 2.90. The van der Waals surface area contributed by atoms with Crippen LogP contribution >= 0.6 is 0 Å². The Kier molecular flexibility index (Phi) is 5.53. The van der Waals surface area contributed by atoms with Gasteiger partial charge >= 0.3 is 0 Å². The fourth-order valence-corrected chi connectivity index (χ4v) is 3.42. The molecule has 2 amide bonds. The van der Waals surface area contributed by atoms with Crippen LogP contribution < -0.4 is 10.9 Å². The van der Waals surface area contributed by atoms with Gasteiger partial charge in [0.25, 0.3) is 11.5 Å². The molecule has 2 aromatic heterocycles. The Bertz CT molecular complexity index is 1150. The van der Waals surface area contributed by atoms with Crippen LogP contribution in [-0.4, -0.2) is 63.7 Å². The molecule has 0 aliphatic carbocycles. The molecule has 9 heteroatoms. The molecule has 30 heavy (non-hydrogen) atoms. The van der Waals surface area contributed by atoms with Gasteiger partial charge in [-0.3, -0.25) is 23.7 Å². The summed E-state index contributed by atoms with van der Waals surface area (Å²) >= 11 is 0. The van der Waals surface area contributed by atoms with Crippen LogP contribution in [0.25, 0.3) is 5.65 Å². The topological polar surface area (TPSA) is 87.0 Å². The molecular weight excluding hydrogens is 389 g/mol. The zero-order valence-corrected chi connectivity index (χ0v) is 16.1. The third kappa shape index (κ3) is 4.20. The lowest BCUT2D eigenvalue weighted by atomic mass is 10.2. The second-order valence-corrected chi connectivity index (χ2v) is 7.03. The zero-order valence-electron chi connectivity index (χ0n) is 16.1. The number of rotatable bonds is 4. The molecule has 0 radical (unpaired) electrons. The Morgan fingerprint density at radius 3 is 2.63 bits per heavy atom. The maximum absolute atomic E-state index is 13.2. The maximum atomic E-state index is 13.2. The summed E-state index contributed by atoms with van der Waals surface area (Å²) in [4.78, 5) is 45.3. The van der Waals surface area contributed by atoms with Crippen LogP contribution in [0.15, 0.2) is 59.7 Å². The van der Waals surface area contributed by atoms with E-state index in [-0.39, 0.29) is 23.9 Å². The van der Waals surface area contributed by atoms with Crippen molar-refractivity contribution in [3.8, 4) is 0 Å². The first kappa shape index (κ1) is 19.7. The minimum Gasteiger partial charge on any atom is -0.336 e. The van der Waals surface area contributed by atoms with Gasteiger partial charge < -0.3 is 10.2 Å². The summed E-state index contributed by atoms with van der Waals surface area (Å²) in [5.41, 5.74) is 0.504. The first-order valence-corrected chi connectivity index (χ1v) is 9.55. The largest absolute Gasteiger partial charge is 0.336 e. The highest BCUT2D eigenvalue weighted by Gasteiger charge is 2.25. The van der Waals surface area contributed by atoms with E-state index in [0.29, 0.717) is 37.5 Å². The summed E-state index contributed by atoms with van der Waals surface area (Å²) in [6.45, 7) is 1.90. The highest BCUT2D eigenvalue weighted by Crippen LogP contribution is 2.10. The van der Waals surface area contributed by atoms with Gasteiger partial charge in [-0.15, -0.1) is 0 Å². The molecule has 0 saturated carbocycles. The predicted molar refractivity (Wildman–Crippen MR) is 109 cm³/mol. The van der Waals surface area contributed by atoms with Crippen LogP contribution in [0.2, 0.25) is 0 Å². The molecule has 0 bridgehead atoms. The van der Waals surface area contributed by atoms with Crippen LogP contribution in [0.4, 0.5) is 10.1 Å². The van der Waals surface area contributed by atoms with E-state index in [0.717, 1.165) is 0 Å². The van der Waals surface area contributed by atoms with E-state index in [1.54, 1.807) is 35.4 Å². The smallest absolute Gasteiger partial charge is 0.270 e. The minimum absolute atomic E-state index is 0.0241. The molecule has 1 N–H and O–H groups in total. The molecule has 154 valence electrons. The van der Waals surface area contributed by atoms with Crippen molar-refractivity contribution in [2.24, 2.45) is 0 Å². The standard InChI is InChI=1S/C21H20FN5O3/c22-15-4-3-5-16(12-15)24-19(28)14-25-8-10-26(11-9-25)20(29)17-13-23-18-6-1-2-7-27(18)21(17)30/h1-7,12-13H,8-11,14H2,(H,24,28). The molecule has 0 spiro atoms. The highest BCUT2D eigenvalue weighted by molar-refractivity contribution is 5.94. The molecule has 0 unspecified atom stereocenters. The molecule has 1 saturated heterocycles. The molecule has 0 atom stereocenters. The van der Waals surface area contributed by atoms with Gasteiger partial charge in [0.05, 0.1) is 6.54 Å². The Morgan fingerprint density at radius 1 is 1.07 bits per heavy atom. The zero-order chi connectivity index (χ0) is 21.1. The fourth-order valence-electron chi connectivity index (χ4n) is 3.42. The number of nitrogens with one attached hydrogen (secondary N) is 1. The van der Waals surface area contributed by atoms with Crippen LogP contribution in [0.3, 0.4) is 0 Å². The van der Waals surface area contributed by atoms with E-state index in [1.807, 2.05) is 4.90 Å². The van der Waals surface area contributed by atoms with Crippen molar-refractivity contribution in [1.82, 2.24) is 19.2 Å². The van der Waals surface area contributed by atoms with E-state index in [2.05, 4.69) is 10.3 Å². The molecule has 3 aromatic rings. The van der Waals surface area contributed by atoms with Crippen LogP contribution in [-0.2, 0) is 4.79 Å². The van der Waals surface area contributed by atoms with Crippen LogP contribution in [0.5, 0.6) is 0 Å². The molecule has 4 rings (SSSR count). The number of amides is 2. The average Bonchev–Trinajstić information content (AvgIpc) is 2.74. The van der Waals surface area contributed by atoms with Crippen molar-refractivity contribution >= 4 is 23.1 Å². The normalized spacial score (nSPS) is 14.6. The Morgan fingerprint density at radius 2 is 1.87 bits per heavy atom. The first-order valence-electron chi connectivity index (χ1n) is 9.55. The Hall–Kier alpha value is -3.59. The number of nitrogens with zero attached hydrogens (tertiary/aromatic N) is 4. The number of hydrogen-bond acceptors (Lipinski definition) is 5. The van der Waals surface area contributed by atoms with Crippen molar-refractivity contribution in [3.05, 3.63) is 76.6 Å². The number of fused-ring (bicyclic) bond motifs is 1. The molecule has 3 heterocycles. The third-order valence-corrected chi connectivity index (χ3v) is 4.98. The van der Waals surface area contributed by atoms with Crippen LogP contribution in [0.1, 0.15) is 10.4 Å². The van der Waals surface area contributed by atoms with Crippen molar-refractivity contribution in [2.45, 2.75) is 0 Å². The van der Waals surface area contributed by atoms with Crippen molar-refractivity contribution in [1.29, 1.82) is 0 Å². The number of aromatic nitrogens is 2. The second-order valence-electron chi connectivity index (χ2n) is 7.03. The lowest BCUT2D eigenvalue weighted by Gasteiger charge is -2.34. The van der Waals surface area contributed by atoms with Crippen molar-refractivity contribution in [3.63, 3.8) is 0 Å². The van der Waals surface area contributed by atoms with Gasteiger partial charge in [0.1, 0.15) is 17.0 Å². The van der Waals surface area contributed by atoms with E-state index >= 15 is 0 Å². The van der Waals surface area contributed by atoms with Crippen molar-refractivity contribution < 1.29 is 14.0 Å². The summed E-state index contributed by atoms with van der Waals surface area (Å²) in [5, 5.41) is 2.66. The molecule has 1 fully saturated rings. The highest BCUT2D eigenvalue weighted by atomic mass is 19.1. The first-order chi connectivity index (χ1) is 14.5. The Labute approximate surface area is 171 Å². The third-order valence-electron chi connectivity index (χ3n) is 4.98. The number of carbonyl (C=O) groups is 2. The van der Waals surface area contributed by atoms with Gasteiger partial charge in [0.2, 0.25) is 5.91 Å². The number of piperazine rings is 1. The number of halogens is 1. The van der Waals surface area contributed by atoms with Gasteiger partial charge in [0, 0.05) is 44.3 Å². The average molecular weight is 409 g/mol. The van der Waals surface area contributed by atoms with E-state index < -0.39 is 11.4 Å². The second kappa shape index (κ2) is 8.42. The lowest BCUT2D eigenvalue weighted by molar-refractivity contribution is -0.117. The number of carbonyl (C=O) groups excluding carboxylic acids is 2. The number of benzene rings is 1. The SMILES string of the molecule is O=C(CN1CCN(C(=O)c2cnc3ccccn3c2=O)CC1)Nc1cccc(F)c1. The van der Waals surface area contributed by atoms with Gasteiger partial charge in [-0.2, -0.15) is 0 Å². The summed E-state index contributed by atoms with van der Waals surface area (Å²) in [6, 6.07) is 10.9. The molecule has 1 aliphatic heterocycles. The Balaban J connectivity index is 1.35. The molecule has 1 aliphatic rings. The van der Waals surface area contributed by atoms with Crippen molar-refractivity contribution in [2.75, 3.05) is 38.0 Å². The summed E-state index contributed by atoms with van der Waals surface area (Å²) < 4.78 is 14.6. The van der Waals surface area contributed by atoms with Gasteiger partial charge in [-0.1, -0.05) is 12.1 Å². The predicted octanol–water partition coefficient (Wildman–Crippen LogP) is 1.23. The molecule has 1 aromatic carbocycles. The molecular formula is C21H20FN5O3. The van der Waals surface area contributed by atoms with Gasteiger partial charge in [0.15, 0.2) is 0 Å².